The summed E-state index contributed by atoms with van der Waals surface area (Å²) in [5, 5.41) is 10.0. The third-order valence-corrected chi connectivity index (χ3v) is 6.61. The summed E-state index contributed by atoms with van der Waals surface area (Å²) in [5.41, 5.74) is 5.78. The minimum absolute atomic E-state index is 0.228. The van der Waals surface area contributed by atoms with Crippen LogP contribution in [0.15, 0.2) is 97.1 Å². The van der Waals surface area contributed by atoms with E-state index in [9.17, 15) is 9.90 Å². The first-order valence-corrected chi connectivity index (χ1v) is 12.1. The van der Waals surface area contributed by atoms with Gasteiger partial charge in [0.25, 0.3) is 0 Å². The average Bonchev–Trinajstić information content (AvgIpc) is 3.21. The SMILES string of the molecule is Cc1nc2ccc(C(=O)O)cc2n1Cc1ccc(C(OCc2ccccc2)c2ccccc2)cc1Cl. The number of nitrogens with zero attached hydrogens (tertiary/aromatic N) is 2. The van der Waals surface area contributed by atoms with Gasteiger partial charge in [-0.05, 0) is 53.4 Å². The van der Waals surface area contributed by atoms with Crippen LogP contribution in [0.3, 0.4) is 0 Å². The normalized spacial score (nSPS) is 12.1. The van der Waals surface area contributed by atoms with Crippen molar-refractivity contribution in [3.8, 4) is 0 Å². The molecule has 5 rings (SSSR count). The van der Waals surface area contributed by atoms with Gasteiger partial charge in [-0.15, -0.1) is 0 Å². The monoisotopic (exact) mass is 496 g/mol. The summed E-state index contributed by atoms with van der Waals surface area (Å²) in [6.45, 7) is 2.86. The second-order valence-corrected chi connectivity index (χ2v) is 9.10. The Bertz CT molecular complexity index is 1510. The van der Waals surface area contributed by atoms with Gasteiger partial charge in [0.15, 0.2) is 0 Å². The molecule has 0 aliphatic rings. The first-order chi connectivity index (χ1) is 17.5. The zero-order valence-electron chi connectivity index (χ0n) is 19.8. The lowest BCUT2D eigenvalue weighted by Gasteiger charge is -2.20. The molecular formula is C30H25ClN2O3. The fourth-order valence-corrected chi connectivity index (χ4v) is 4.62. The Morgan fingerprint density at radius 2 is 1.67 bits per heavy atom. The number of carboxylic acid groups (broad SMARTS) is 1. The standard InChI is InChI=1S/C30H25ClN2O3/c1-20-32-27-15-14-24(30(34)35)17-28(27)33(20)18-25-13-12-23(16-26(25)31)29(22-10-6-3-7-11-22)36-19-21-8-4-2-5-9-21/h2-17,29H,18-19H2,1H3,(H,34,35). The van der Waals surface area contributed by atoms with Crippen molar-refractivity contribution in [1.82, 2.24) is 9.55 Å². The average molecular weight is 497 g/mol. The molecule has 0 bridgehead atoms. The minimum Gasteiger partial charge on any atom is -0.478 e. The highest BCUT2D eigenvalue weighted by atomic mass is 35.5. The molecular weight excluding hydrogens is 472 g/mol. The maximum Gasteiger partial charge on any atom is 0.335 e. The summed E-state index contributed by atoms with van der Waals surface area (Å²) < 4.78 is 8.37. The predicted octanol–water partition coefficient (Wildman–Crippen LogP) is 7.05. The Labute approximate surface area is 214 Å². The first-order valence-electron chi connectivity index (χ1n) is 11.7. The summed E-state index contributed by atoms with van der Waals surface area (Å²) in [6.07, 6.45) is -0.271. The Balaban J connectivity index is 1.45. The Hall–Kier alpha value is -3.93. The maximum absolute atomic E-state index is 11.5. The van der Waals surface area contributed by atoms with Gasteiger partial charge >= 0.3 is 5.97 Å². The van der Waals surface area contributed by atoms with Crippen LogP contribution in [-0.4, -0.2) is 20.6 Å². The number of hydrogen-bond acceptors (Lipinski definition) is 3. The Morgan fingerprint density at radius 1 is 0.944 bits per heavy atom. The Kier molecular flexibility index (Phi) is 6.85. The van der Waals surface area contributed by atoms with Crippen molar-refractivity contribution < 1.29 is 14.6 Å². The number of benzene rings is 4. The summed E-state index contributed by atoms with van der Waals surface area (Å²) in [6, 6.07) is 31.2. The second-order valence-electron chi connectivity index (χ2n) is 8.69. The van der Waals surface area contributed by atoms with Crippen LogP contribution >= 0.6 is 11.6 Å². The van der Waals surface area contributed by atoms with Gasteiger partial charge in [0.1, 0.15) is 11.9 Å². The van der Waals surface area contributed by atoms with E-state index in [1.807, 2.05) is 78.2 Å². The van der Waals surface area contributed by atoms with Crippen molar-refractivity contribution in [2.75, 3.05) is 0 Å². The summed E-state index contributed by atoms with van der Waals surface area (Å²) in [5.74, 6) is -0.173. The topological polar surface area (TPSA) is 64.3 Å². The molecule has 0 spiro atoms. The van der Waals surface area contributed by atoms with Crippen LogP contribution in [0.25, 0.3) is 11.0 Å². The molecule has 0 aliphatic heterocycles. The summed E-state index contributed by atoms with van der Waals surface area (Å²) in [7, 11) is 0. The number of fused-ring (bicyclic) bond motifs is 1. The summed E-state index contributed by atoms with van der Waals surface area (Å²) in [4.78, 5) is 16.1. The molecule has 1 heterocycles. The number of carboxylic acids is 1. The fourth-order valence-electron chi connectivity index (χ4n) is 4.37. The number of rotatable bonds is 8. The third kappa shape index (κ3) is 5.03. The predicted molar refractivity (Wildman–Crippen MR) is 141 cm³/mol. The second kappa shape index (κ2) is 10.4. The highest BCUT2D eigenvalue weighted by Gasteiger charge is 2.18. The van der Waals surface area contributed by atoms with E-state index in [0.717, 1.165) is 39.1 Å². The molecule has 180 valence electrons. The smallest absolute Gasteiger partial charge is 0.335 e. The molecule has 0 radical (unpaired) electrons. The van der Waals surface area contributed by atoms with Crippen LogP contribution in [0.4, 0.5) is 0 Å². The number of ether oxygens (including phenoxy) is 1. The molecule has 0 saturated heterocycles. The molecule has 6 heteroatoms. The first kappa shape index (κ1) is 23.8. The van der Waals surface area contributed by atoms with Crippen molar-refractivity contribution in [1.29, 1.82) is 0 Å². The van der Waals surface area contributed by atoms with Gasteiger partial charge in [0.2, 0.25) is 0 Å². The van der Waals surface area contributed by atoms with Gasteiger partial charge in [0, 0.05) is 5.02 Å². The lowest BCUT2D eigenvalue weighted by atomic mass is 10.00. The van der Waals surface area contributed by atoms with E-state index in [1.165, 1.54) is 0 Å². The molecule has 5 aromatic rings. The zero-order chi connectivity index (χ0) is 25.1. The molecule has 1 N–H and O–H groups in total. The van der Waals surface area contributed by atoms with E-state index >= 15 is 0 Å². The lowest BCUT2D eigenvalue weighted by Crippen LogP contribution is -2.08. The van der Waals surface area contributed by atoms with Crippen molar-refractivity contribution in [3.63, 3.8) is 0 Å². The quantitative estimate of drug-likeness (QED) is 0.250. The largest absolute Gasteiger partial charge is 0.478 e. The van der Waals surface area contributed by atoms with Crippen molar-refractivity contribution >= 4 is 28.6 Å². The van der Waals surface area contributed by atoms with Crippen LogP contribution in [-0.2, 0) is 17.9 Å². The molecule has 0 fully saturated rings. The number of aromatic carboxylic acids is 1. The lowest BCUT2D eigenvalue weighted by molar-refractivity contribution is 0.0667. The van der Waals surface area contributed by atoms with Crippen LogP contribution in [0, 0.1) is 6.92 Å². The molecule has 0 aliphatic carbocycles. The minimum atomic E-state index is -0.966. The highest BCUT2D eigenvalue weighted by Crippen LogP contribution is 2.31. The van der Waals surface area contributed by atoms with Crippen LogP contribution < -0.4 is 0 Å². The van der Waals surface area contributed by atoms with Gasteiger partial charge in [-0.1, -0.05) is 84.4 Å². The van der Waals surface area contributed by atoms with Crippen LogP contribution in [0.1, 0.15) is 44.5 Å². The molecule has 0 saturated carbocycles. The van der Waals surface area contributed by atoms with E-state index in [0.29, 0.717) is 18.2 Å². The van der Waals surface area contributed by atoms with E-state index in [-0.39, 0.29) is 11.7 Å². The number of aryl methyl sites for hydroxylation is 1. The molecule has 1 aromatic heterocycles. The van der Waals surface area contributed by atoms with Gasteiger partial charge in [-0.25, -0.2) is 9.78 Å². The van der Waals surface area contributed by atoms with Gasteiger partial charge in [0.05, 0.1) is 29.7 Å². The molecule has 1 atom stereocenters. The van der Waals surface area contributed by atoms with Crippen molar-refractivity contribution in [3.05, 3.63) is 136 Å². The molecule has 36 heavy (non-hydrogen) atoms. The van der Waals surface area contributed by atoms with E-state index in [4.69, 9.17) is 16.3 Å². The highest BCUT2D eigenvalue weighted by molar-refractivity contribution is 6.31. The molecule has 4 aromatic carbocycles. The number of imidazole rings is 1. The van der Waals surface area contributed by atoms with Crippen LogP contribution in [0.2, 0.25) is 5.02 Å². The van der Waals surface area contributed by atoms with E-state index < -0.39 is 5.97 Å². The summed E-state index contributed by atoms with van der Waals surface area (Å²) >= 11 is 6.80. The van der Waals surface area contributed by atoms with E-state index in [2.05, 4.69) is 17.1 Å². The molecule has 5 nitrogen and oxygen atoms in total. The number of carbonyl (C=O) groups is 1. The number of hydrogen-bond donors (Lipinski definition) is 1. The molecule has 0 amide bonds. The van der Waals surface area contributed by atoms with Gasteiger partial charge in [-0.3, -0.25) is 0 Å². The number of aromatic nitrogens is 2. The third-order valence-electron chi connectivity index (χ3n) is 6.26. The van der Waals surface area contributed by atoms with E-state index in [1.54, 1.807) is 18.2 Å². The van der Waals surface area contributed by atoms with Crippen molar-refractivity contribution in [2.24, 2.45) is 0 Å². The fraction of sp³-hybridized carbons (Fsp3) is 0.133. The molecule has 1 unspecified atom stereocenters. The number of halogens is 1. The Morgan fingerprint density at radius 3 is 2.36 bits per heavy atom. The van der Waals surface area contributed by atoms with Gasteiger partial charge in [-0.2, -0.15) is 0 Å². The maximum atomic E-state index is 11.5. The van der Waals surface area contributed by atoms with Gasteiger partial charge < -0.3 is 14.4 Å². The van der Waals surface area contributed by atoms with Crippen LogP contribution in [0.5, 0.6) is 0 Å². The van der Waals surface area contributed by atoms with Crippen molar-refractivity contribution in [2.45, 2.75) is 26.2 Å². The zero-order valence-corrected chi connectivity index (χ0v) is 20.5.